The van der Waals surface area contributed by atoms with Gasteiger partial charge in [0.1, 0.15) is 25.0 Å². The van der Waals surface area contributed by atoms with Gasteiger partial charge in [0.15, 0.2) is 5.11 Å². The first-order valence-electron chi connectivity index (χ1n) is 11.5. The lowest BCUT2D eigenvalue weighted by Crippen LogP contribution is -2.29. The van der Waals surface area contributed by atoms with Crippen LogP contribution in [-0.4, -0.2) is 50.0 Å². The third-order valence-electron chi connectivity index (χ3n) is 6.23. The van der Waals surface area contributed by atoms with Crippen LogP contribution in [0.4, 0.5) is 5.69 Å². The largest absolute Gasteiger partial charge is 0.490 e. The van der Waals surface area contributed by atoms with Crippen molar-refractivity contribution in [2.45, 2.75) is 25.9 Å². The fourth-order valence-electron chi connectivity index (χ4n) is 4.67. The summed E-state index contributed by atoms with van der Waals surface area (Å²) in [6.45, 7) is 5.03. The molecule has 1 aliphatic heterocycles. The Morgan fingerprint density at radius 3 is 2.58 bits per heavy atom. The Bertz CT molecular complexity index is 1360. The summed E-state index contributed by atoms with van der Waals surface area (Å²) in [7, 11) is 1.63. The van der Waals surface area contributed by atoms with Crippen LogP contribution in [-0.2, 0) is 4.74 Å². The van der Waals surface area contributed by atoms with Crippen molar-refractivity contribution in [3.63, 3.8) is 0 Å². The first-order valence-corrected chi connectivity index (χ1v) is 12.2. The average molecular weight is 524 g/mol. The van der Waals surface area contributed by atoms with E-state index >= 15 is 0 Å². The fraction of sp³-hybridized carbons (Fsp3) is 0.280. The number of ether oxygens (including phenoxy) is 2. The monoisotopic (exact) mass is 523 g/mol. The van der Waals surface area contributed by atoms with Crippen molar-refractivity contribution in [3.8, 4) is 5.75 Å². The van der Waals surface area contributed by atoms with Crippen LogP contribution in [0.25, 0.3) is 0 Å². The van der Waals surface area contributed by atoms with Gasteiger partial charge in [0, 0.05) is 35.9 Å². The first-order chi connectivity index (χ1) is 17.5. The summed E-state index contributed by atoms with van der Waals surface area (Å²) in [6, 6.07) is 13.4. The van der Waals surface area contributed by atoms with E-state index in [1.54, 1.807) is 26.0 Å². The van der Waals surface area contributed by atoms with Crippen molar-refractivity contribution >= 4 is 34.6 Å². The maximum atomic E-state index is 6.62. The van der Waals surface area contributed by atoms with E-state index in [-0.39, 0.29) is 12.1 Å². The van der Waals surface area contributed by atoms with Crippen LogP contribution in [0.1, 0.15) is 34.7 Å². The molecule has 4 heterocycles. The smallest absolute Gasteiger partial charge is 0.174 e. The highest BCUT2D eigenvalue weighted by molar-refractivity contribution is 7.80. The number of nitrogens with zero attached hydrogens (tertiary/aromatic N) is 6. The zero-order valence-corrected chi connectivity index (χ0v) is 21.7. The zero-order valence-electron chi connectivity index (χ0n) is 20.1. The molecule has 1 aliphatic rings. The topological polar surface area (TPSA) is 82.3 Å². The minimum Gasteiger partial charge on any atom is -0.490 e. The first kappa shape index (κ1) is 24.2. The predicted molar refractivity (Wildman–Crippen MR) is 141 cm³/mol. The van der Waals surface area contributed by atoms with Gasteiger partial charge < -0.3 is 19.7 Å². The molecule has 1 fully saturated rings. The van der Waals surface area contributed by atoms with Crippen molar-refractivity contribution in [2.75, 3.05) is 25.2 Å². The van der Waals surface area contributed by atoms with E-state index in [1.165, 1.54) is 0 Å². The Balaban J connectivity index is 1.59. The highest BCUT2D eigenvalue weighted by atomic mass is 35.5. The van der Waals surface area contributed by atoms with Gasteiger partial charge in [0.2, 0.25) is 0 Å². The molecule has 0 unspecified atom stereocenters. The molecule has 4 aromatic rings. The summed E-state index contributed by atoms with van der Waals surface area (Å²) in [4.78, 5) is 6.74. The summed E-state index contributed by atoms with van der Waals surface area (Å²) in [6.07, 6.45) is 5.15. The van der Waals surface area contributed by atoms with Gasteiger partial charge in [-0.25, -0.2) is 4.68 Å². The van der Waals surface area contributed by atoms with Crippen LogP contribution in [0.2, 0.25) is 5.02 Å². The number of aryl methyl sites for hydroxylation is 1. The van der Waals surface area contributed by atoms with E-state index < -0.39 is 0 Å². The second-order valence-corrected chi connectivity index (χ2v) is 9.23. The quantitative estimate of drug-likeness (QED) is 0.271. The van der Waals surface area contributed by atoms with E-state index in [0.717, 1.165) is 28.3 Å². The van der Waals surface area contributed by atoms with Crippen LogP contribution in [0.3, 0.4) is 0 Å². The molecule has 2 atom stereocenters. The molecule has 0 aliphatic carbocycles. The van der Waals surface area contributed by atoms with Gasteiger partial charge in [-0.3, -0.25) is 9.66 Å². The number of thiocarbonyl (C=S) groups is 1. The molecule has 9 nitrogen and oxygen atoms in total. The van der Waals surface area contributed by atoms with Crippen molar-refractivity contribution in [3.05, 3.63) is 89.0 Å². The predicted octanol–water partition coefficient (Wildman–Crippen LogP) is 4.26. The second kappa shape index (κ2) is 10.3. The number of rotatable bonds is 8. The molecule has 186 valence electrons. The van der Waals surface area contributed by atoms with Gasteiger partial charge in [-0.2, -0.15) is 0 Å². The van der Waals surface area contributed by atoms with E-state index in [1.807, 2.05) is 41.1 Å². The van der Waals surface area contributed by atoms with Crippen LogP contribution in [0.15, 0.2) is 61.3 Å². The molecule has 0 saturated carbocycles. The number of halogens is 1. The van der Waals surface area contributed by atoms with Gasteiger partial charge in [0.05, 0.1) is 29.4 Å². The summed E-state index contributed by atoms with van der Waals surface area (Å²) < 4.78 is 14.8. The molecule has 0 spiro atoms. The average Bonchev–Trinajstić information content (AvgIpc) is 3.58. The molecule has 0 radical (unpaired) electrons. The molecule has 0 bridgehead atoms. The zero-order chi connectivity index (χ0) is 25.2. The third-order valence-corrected chi connectivity index (χ3v) is 6.84. The molecule has 11 heteroatoms. The van der Waals surface area contributed by atoms with Crippen molar-refractivity contribution in [2.24, 2.45) is 0 Å². The lowest BCUT2D eigenvalue weighted by Gasteiger charge is -2.28. The molecule has 3 aromatic heterocycles. The summed E-state index contributed by atoms with van der Waals surface area (Å²) in [5.74, 6) is 0.596. The summed E-state index contributed by atoms with van der Waals surface area (Å²) in [5, 5.41) is 12.5. The minimum atomic E-state index is -0.180. The number of benzene rings is 1. The van der Waals surface area contributed by atoms with Crippen LogP contribution < -0.4 is 15.0 Å². The number of anilines is 1. The maximum absolute atomic E-state index is 6.62. The number of nitrogens with one attached hydrogen (secondary N) is 1. The lowest BCUT2D eigenvalue weighted by atomic mass is 9.96. The standard InChI is InChI=1S/C25H26ClN7O2S/c1-16-12-19(17(2)33(16)31-14-28-29-15-31)24-23(21-6-4-5-9-27-21)30-25(36)32(24)18-7-8-22(20(26)13-18)35-11-10-34-3/h4-9,12-15,23-24H,10-11H2,1-3H3,(H,30,36)/t23-,24-/m1/s1. The number of hydrogen-bond acceptors (Lipinski definition) is 6. The number of aromatic nitrogens is 5. The fourth-order valence-corrected chi connectivity index (χ4v) is 5.25. The summed E-state index contributed by atoms with van der Waals surface area (Å²) >= 11 is 12.5. The Hall–Kier alpha value is -3.47. The highest BCUT2D eigenvalue weighted by Gasteiger charge is 2.42. The molecule has 1 aromatic carbocycles. The van der Waals surface area contributed by atoms with Gasteiger partial charge >= 0.3 is 0 Å². The van der Waals surface area contributed by atoms with Crippen LogP contribution >= 0.6 is 23.8 Å². The molecule has 36 heavy (non-hydrogen) atoms. The number of methoxy groups -OCH3 is 1. The molecule has 1 saturated heterocycles. The Morgan fingerprint density at radius 2 is 1.89 bits per heavy atom. The van der Waals surface area contributed by atoms with Gasteiger partial charge in [-0.15, -0.1) is 10.2 Å². The van der Waals surface area contributed by atoms with Crippen molar-refractivity contribution in [1.82, 2.24) is 29.9 Å². The van der Waals surface area contributed by atoms with E-state index in [0.29, 0.717) is 29.1 Å². The Morgan fingerprint density at radius 1 is 1.08 bits per heavy atom. The van der Waals surface area contributed by atoms with Crippen molar-refractivity contribution in [1.29, 1.82) is 0 Å². The normalized spacial score (nSPS) is 17.4. The van der Waals surface area contributed by atoms with Gasteiger partial charge in [-0.1, -0.05) is 17.7 Å². The van der Waals surface area contributed by atoms with Gasteiger partial charge in [0.25, 0.3) is 0 Å². The molecule has 0 amide bonds. The third kappa shape index (κ3) is 4.43. The molecular formula is C25H26ClN7O2S. The molecular weight excluding hydrogens is 498 g/mol. The minimum absolute atomic E-state index is 0.176. The second-order valence-electron chi connectivity index (χ2n) is 8.43. The van der Waals surface area contributed by atoms with Gasteiger partial charge in [-0.05, 0) is 62.5 Å². The van der Waals surface area contributed by atoms with Crippen LogP contribution in [0.5, 0.6) is 5.75 Å². The van der Waals surface area contributed by atoms with Crippen LogP contribution in [0, 0.1) is 13.8 Å². The SMILES string of the molecule is COCCOc1ccc(N2C(=S)N[C@H](c3ccccn3)[C@H]2c2cc(C)n(-n3cnnc3)c2C)cc1Cl. The Kier molecular flexibility index (Phi) is 6.90. The number of hydrogen-bond donors (Lipinski definition) is 1. The number of pyridine rings is 1. The van der Waals surface area contributed by atoms with E-state index in [4.69, 9.17) is 33.3 Å². The Labute approximate surface area is 219 Å². The van der Waals surface area contributed by atoms with Crippen molar-refractivity contribution < 1.29 is 9.47 Å². The highest BCUT2D eigenvalue weighted by Crippen LogP contribution is 2.44. The lowest BCUT2D eigenvalue weighted by molar-refractivity contribution is 0.146. The molecule has 1 N–H and O–H groups in total. The maximum Gasteiger partial charge on any atom is 0.174 e. The van der Waals surface area contributed by atoms with E-state index in [2.05, 4.69) is 50.0 Å². The molecule has 5 rings (SSSR count). The summed E-state index contributed by atoms with van der Waals surface area (Å²) in [5.41, 5.74) is 4.93. The van der Waals surface area contributed by atoms with E-state index in [9.17, 15) is 0 Å².